The van der Waals surface area contributed by atoms with Gasteiger partial charge in [0.1, 0.15) is 13.2 Å². The van der Waals surface area contributed by atoms with Crippen LogP contribution in [0.2, 0.25) is 0 Å². The third-order valence-electron chi connectivity index (χ3n) is 2.96. The number of carbonyl (C=O) groups excluding carboxylic acids is 2. The van der Waals surface area contributed by atoms with Crippen LogP contribution >= 0.6 is 0 Å². The zero-order chi connectivity index (χ0) is 15.1. The summed E-state index contributed by atoms with van der Waals surface area (Å²) in [5.74, 6) is 0.878. The molecule has 21 heavy (non-hydrogen) atoms. The number of rotatable bonds is 6. The van der Waals surface area contributed by atoms with Crippen molar-refractivity contribution in [2.75, 3.05) is 19.8 Å². The summed E-state index contributed by atoms with van der Waals surface area (Å²) in [6.45, 7) is 3.54. The third-order valence-corrected chi connectivity index (χ3v) is 2.96. The van der Waals surface area contributed by atoms with E-state index in [1.54, 1.807) is 6.92 Å². The van der Waals surface area contributed by atoms with Crippen LogP contribution in [0.5, 0.6) is 11.5 Å². The Kier molecular flexibility index (Phi) is 5.43. The van der Waals surface area contributed by atoms with Gasteiger partial charge in [0.05, 0.1) is 13.0 Å². The maximum absolute atomic E-state index is 11.6. The summed E-state index contributed by atoms with van der Waals surface area (Å²) >= 11 is 0. The smallest absolute Gasteiger partial charge is 0.306 e. The lowest BCUT2D eigenvalue weighted by molar-refractivity contribution is -0.144. The average Bonchev–Trinajstić information content (AvgIpc) is 2.51. The molecule has 0 saturated heterocycles. The number of hydrogen-bond acceptors (Lipinski definition) is 5. The predicted molar refractivity (Wildman–Crippen MR) is 75.1 cm³/mol. The van der Waals surface area contributed by atoms with Gasteiger partial charge in [-0.3, -0.25) is 9.59 Å². The van der Waals surface area contributed by atoms with Crippen LogP contribution in [0.15, 0.2) is 18.2 Å². The second kappa shape index (κ2) is 7.52. The molecule has 1 aromatic carbocycles. The number of ether oxygens (including phenoxy) is 3. The van der Waals surface area contributed by atoms with Crippen molar-refractivity contribution < 1.29 is 23.8 Å². The van der Waals surface area contributed by atoms with Crippen molar-refractivity contribution in [1.29, 1.82) is 0 Å². The molecule has 1 amide bonds. The van der Waals surface area contributed by atoms with Crippen LogP contribution in [-0.2, 0) is 20.9 Å². The molecule has 0 bridgehead atoms. The number of hydrogen-bond donors (Lipinski definition) is 1. The first-order valence-electron chi connectivity index (χ1n) is 7.00. The Morgan fingerprint density at radius 2 is 1.95 bits per heavy atom. The minimum absolute atomic E-state index is 0.0980. The molecule has 0 radical (unpaired) electrons. The summed E-state index contributed by atoms with van der Waals surface area (Å²) in [7, 11) is 0. The van der Waals surface area contributed by atoms with Crippen LogP contribution in [0.25, 0.3) is 0 Å². The highest BCUT2D eigenvalue weighted by atomic mass is 16.6. The molecule has 6 nitrogen and oxygen atoms in total. The Bertz CT molecular complexity index is 515. The van der Waals surface area contributed by atoms with E-state index in [1.807, 2.05) is 18.2 Å². The van der Waals surface area contributed by atoms with Crippen LogP contribution in [0.1, 0.15) is 25.3 Å². The van der Waals surface area contributed by atoms with Crippen LogP contribution < -0.4 is 14.8 Å². The molecule has 1 aromatic rings. The minimum Gasteiger partial charge on any atom is -0.486 e. The predicted octanol–water partition coefficient (Wildman–Crippen LogP) is 1.42. The van der Waals surface area contributed by atoms with Crippen molar-refractivity contribution in [1.82, 2.24) is 5.32 Å². The summed E-state index contributed by atoms with van der Waals surface area (Å²) in [4.78, 5) is 22.8. The molecule has 0 unspecified atom stereocenters. The summed E-state index contributed by atoms with van der Waals surface area (Å²) in [6, 6.07) is 5.55. The average molecular weight is 293 g/mol. The Morgan fingerprint density at radius 3 is 2.71 bits per heavy atom. The van der Waals surface area contributed by atoms with E-state index in [0.717, 1.165) is 11.3 Å². The normalized spacial score (nSPS) is 12.6. The van der Waals surface area contributed by atoms with Gasteiger partial charge < -0.3 is 19.5 Å². The lowest BCUT2D eigenvalue weighted by atomic mass is 10.2. The first-order chi connectivity index (χ1) is 10.2. The maximum atomic E-state index is 11.6. The van der Waals surface area contributed by atoms with Gasteiger partial charge in [0.25, 0.3) is 0 Å². The number of nitrogens with one attached hydrogen (secondary N) is 1. The standard InChI is InChI=1S/C15H19NO5/c1-2-19-15(18)6-5-14(17)16-10-11-3-4-12-13(9-11)21-8-7-20-12/h3-4,9H,2,5-8,10H2,1H3,(H,16,17). The second-order valence-electron chi connectivity index (χ2n) is 4.56. The SMILES string of the molecule is CCOC(=O)CCC(=O)NCc1ccc2c(c1)OCCO2. The molecule has 0 aromatic heterocycles. The van der Waals surface area contributed by atoms with Gasteiger partial charge in [-0.05, 0) is 24.6 Å². The highest BCUT2D eigenvalue weighted by Crippen LogP contribution is 2.30. The van der Waals surface area contributed by atoms with Crippen molar-refractivity contribution in [3.05, 3.63) is 23.8 Å². The number of esters is 1. The summed E-state index contributed by atoms with van der Waals surface area (Å²) in [5, 5.41) is 2.76. The Balaban J connectivity index is 1.77. The first-order valence-corrected chi connectivity index (χ1v) is 7.00. The first kappa shape index (κ1) is 15.2. The maximum Gasteiger partial charge on any atom is 0.306 e. The molecule has 0 spiro atoms. The van der Waals surface area contributed by atoms with Gasteiger partial charge in [-0.25, -0.2) is 0 Å². The van der Waals surface area contributed by atoms with Crippen molar-refractivity contribution in [3.8, 4) is 11.5 Å². The molecule has 6 heteroatoms. The van der Waals surface area contributed by atoms with Crippen LogP contribution in [-0.4, -0.2) is 31.7 Å². The van der Waals surface area contributed by atoms with E-state index in [2.05, 4.69) is 5.32 Å². The monoisotopic (exact) mass is 293 g/mol. The van der Waals surface area contributed by atoms with Gasteiger partial charge in [-0.15, -0.1) is 0 Å². The summed E-state index contributed by atoms with van der Waals surface area (Å²) < 4.78 is 15.7. The Morgan fingerprint density at radius 1 is 1.19 bits per heavy atom. The molecule has 1 N–H and O–H groups in total. The summed E-state index contributed by atoms with van der Waals surface area (Å²) in [5.41, 5.74) is 0.920. The molecule has 0 saturated carbocycles. The lowest BCUT2D eigenvalue weighted by Crippen LogP contribution is -2.23. The number of fused-ring (bicyclic) bond motifs is 1. The van der Waals surface area contributed by atoms with E-state index in [-0.39, 0.29) is 24.7 Å². The van der Waals surface area contributed by atoms with Crippen molar-refractivity contribution in [2.24, 2.45) is 0 Å². The van der Waals surface area contributed by atoms with Crippen molar-refractivity contribution in [2.45, 2.75) is 26.3 Å². The van der Waals surface area contributed by atoms with Crippen LogP contribution in [0.4, 0.5) is 0 Å². The molecule has 2 rings (SSSR count). The third kappa shape index (κ3) is 4.66. The topological polar surface area (TPSA) is 73.9 Å². The minimum atomic E-state index is -0.355. The molecular weight excluding hydrogens is 274 g/mol. The van der Waals surface area contributed by atoms with Gasteiger partial charge in [-0.2, -0.15) is 0 Å². The van der Waals surface area contributed by atoms with Gasteiger partial charge in [0.15, 0.2) is 11.5 Å². The fourth-order valence-electron chi connectivity index (χ4n) is 1.94. The van der Waals surface area contributed by atoms with E-state index < -0.39 is 0 Å². The largest absolute Gasteiger partial charge is 0.486 e. The molecule has 114 valence electrons. The van der Waals surface area contributed by atoms with E-state index in [0.29, 0.717) is 32.1 Å². The van der Waals surface area contributed by atoms with E-state index in [1.165, 1.54) is 0 Å². The fraction of sp³-hybridized carbons (Fsp3) is 0.467. The molecule has 1 aliphatic rings. The zero-order valence-corrected chi connectivity index (χ0v) is 12.0. The van der Waals surface area contributed by atoms with Crippen LogP contribution in [0, 0.1) is 0 Å². The number of carbonyl (C=O) groups is 2. The fourth-order valence-corrected chi connectivity index (χ4v) is 1.94. The highest BCUT2D eigenvalue weighted by molar-refractivity contribution is 5.81. The van der Waals surface area contributed by atoms with E-state index in [9.17, 15) is 9.59 Å². The van der Waals surface area contributed by atoms with Gasteiger partial charge >= 0.3 is 5.97 Å². The Labute approximate surface area is 123 Å². The Hall–Kier alpha value is -2.24. The highest BCUT2D eigenvalue weighted by Gasteiger charge is 2.12. The van der Waals surface area contributed by atoms with E-state index in [4.69, 9.17) is 14.2 Å². The molecule has 1 heterocycles. The van der Waals surface area contributed by atoms with Gasteiger partial charge in [0.2, 0.25) is 5.91 Å². The number of benzene rings is 1. The molecule has 0 fully saturated rings. The lowest BCUT2D eigenvalue weighted by Gasteiger charge is -2.18. The van der Waals surface area contributed by atoms with Crippen molar-refractivity contribution >= 4 is 11.9 Å². The molecular formula is C15H19NO5. The van der Waals surface area contributed by atoms with Crippen LogP contribution in [0.3, 0.4) is 0 Å². The molecule has 0 atom stereocenters. The molecule has 0 aliphatic carbocycles. The van der Waals surface area contributed by atoms with Gasteiger partial charge in [-0.1, -0.05) is 6.07 Å². The second-order valence-corrected chi connectivity index (χ2v) is 4.56. The number of amides is 1. The quantitative estimate of drug-likeness (QED) is 0.803. The van der Waals surface area contributed by atoms with Crippen molar-refractivity contribution in [3.63, 3.8) is 0 Å². The summed E-state index contributed by atoms with van der Waals surface area (Å²) in [6.07, 6.45) is 0.226. The van der Waals surface area contributed by atoms with E-state index >= 15 is 0 Å². The zero-order valence-electron chi connectivity index (χ0n) is 12.0. The van der Waals surface area contributed by atoms with Gasteiger partial charge in [0, 0.05) is 13.0 Å². The molecule has 1 aliphatic heterocycles.